The van der Waals surface area contributed by atoms with Crippen LogP contribution in [0, 0.1) is 6.92 Å². The normalized spacial score (nSPS) is 11.6. The molecule has 2 aromatic carbocycles. The molecule has 0 radical (unpaired) electrons. The molecule has 2 N–H and O–H groups in total. The molecular weight excluding hydrogens is 407 g/mol. The lowest BCUT2D eigenvalue weighted by Gasteiger charge is -2.09. The maximum Gasteiger partial charge on any atom is 0.416 e. The maximum absolute atomic E-state index is 12.7. The summed E-state index contributed by atoms with van der Waals surface area (Å²) in [6.07, 6.45) is -2.65. The van der Waals surface area contributed by atoms with E-state index in [9.17, 15) is 23.1 Å². The van der Waals surface area contributed by atoms with Gasteiger partial charge in [-0.15, -0.1) is 0 Å². The van der Waals surface area contributed by atoms with Gasteiger partial charge in [0, 0.05) is 17.5 Å². The minimum absolute atomic E-state index is 0.166. The summed E-state index contributed by atoms with van der Waals surface area (Å²) in [6.45, 7) is 1.66. The summed E-state index contributed by atoms with van der Waals surface area (Å²) in [7, 11) is 0. The van der Waals surface area contributed by atoms with Gasteiger partial charge in [0.05, 0.1) is 23.6 Å². The van der Waals surface area contributed by atoms with E-state index in [0.717, 1.165) is 17.8 Å². The molecule has 0 saturated carbocycles. The number of carbonyl (C=O) groups excluding carboxylic acids is 1. The molecular formula is C23H18F3N3O2. The third-order valence-electron chi connectivity index (χ3n) is 5.06. The number of aliphatic hydroxyl groups is 1. The zero-order chi connectivity index (χ0) is 22.2. The first-order chi connectivity index (χ1) is 14.8. The number of hydrogen-bond acceptors (Lipinski definition) is 3. The molecule has 1 amide bonds. The number of aryl methyl sites for hydroxylation is 1. The molecule has 0 atom stereocenters. The van der Waals surface area contributed by atoms with E-state index in [1.54, 1.807) is 47.0 Å². The van der Waals surface area contributed by atoms with Crippen LogP contribution in [0.1, 0.15) is 27.3 Å². The van der Waals surface area contributed by atoms with Crippen molar-refractivity contribution in [3.8, 4) is 11.1 Å². The van der Waals surface area contributed by atoms with Crippen molar-refractivity contribution >= 4 is 17.2 Å². The van der Waals surface area contributed by atoms with Gasteiger partial charge < -0.3 is 14.8 Å². The molecule has 158 valence electrons. The largest absolute Gasteiger partial charge is 0.416 e. The number of hydrogen-bond donors (Lipinski definition) is 2. The topological polar surface area (TPSA) is 66.6 Å². The monoisotopic (exact) mass is 425 g/mol. The van der Waals surface area contributed by atoms with Gasteiger partial charge in [-0.25, -0.2) is 4.98 Å². The molecule has 2 heterocycles. The van der Waals surface area contributed by atoms with Crippen molar-refractivity contribution in [2.75, 3.05) is 5.32 Å². The Morgan fingerprint density at radius 2 is 1.61 bits per heavy atom. The van der Waals surface area contributed by atoms with E-state index in [2.05, 4.69) is 10.3 Å². The number of fused-ring (bicyclic) bond motifs is 1. The number of aromatic nitrogens is 2. The molecule has 0 bridgehead atoms. The number of rotatable bonds is 4. The third kappa shape index (κ3) is 4.15. The maximum atomic E-state index is 12.7. The van der Waals surface area contributed by atoms with E-state index in [1.807, 2.05) is 6.92 Å². The van der Waals surface area contributed by atoms with E-state index in [4.69, 9.17) is 0 Å². The summed E-state index contributed by atoms with van der Waals surface area (Å²) in [5, 5.41) is 12.2. The molecule has 0 aliphatic carbocycles. The number of nitrogens with one attached hydrogen (secondary N) is 1. The number of alkyl halides is 3. The Labute approximate surface area is 175 Å². The Bertz CT molecular complexity index is 1240. The first kappa shape index (κ1) is 20.6. The second-order valence-electron chi connectivity index (χ2n) is 7.05. The minimum atomic E-state index is -4.38. The highest BCUT2D eigenvalue weighted by atomic mass is 19.4. The van der Waals surface area contributed by atoms with Crippen molar-refractivity contribution in [1.82, 2.24) is 9.38 Å². The number of amides is 1. The zero-order valence-corrected chi connectivity index (χ0v) is 16.4. The van der Waals surface area contributed by atoms with Gasteiger partial charge >= 0.3 is 6.18 Å². The standard InChI is InChI=1S/C23H18F3N3O2/c1-14-20(13-30)28-21-11-10-19(12-29(14)21)27-22(31)17-4-2-15(3-5-17)16-6-8-18(9-7-16)23(24,25)26/h2-12,30H,13H2,1H3,(H,27,31). The molecule has 0 saturated heterocycles. The Morgan fingerprint density at radius 3 is 2.19 bits per heavy atom. The van der Waals surface area contributed by atoms with Gasteiger partial charge in [0.15, 0.2) is 0 Å². The first-order valence-electron chi connectivity index (χ1n) is 9.44. The highest BCUT2D eigenvalue weighted by Crippen LogP contribution is 2.31. The summed E-state index contributed by atoms with van der Waals surface area (Å²) in [4.78, 5) is 16.9. The van der Waals surface area contributed by atoms with Crippen molar-refractivity contribution in [2.45, 2.75) is 19.7 Å². The lowest BCUT2D eigenvalue weighted by atomic mass is 10.0. The summed E-state index contributed by atoms with van der Waals surface area (Å²) in [5.41, 5.74) is 3.63. The fraction of sp³-hybridized carbons (Fsp3) is 0.130. The van der Waals surface area contributed by atoms with Crippen molar-refractivity contribution in [3.63, 3.8) is 0 Å². The molecule has 0 unspecified atom stereocenters. The van der Waals surface area contributed by atoms with E-state index in [-0.39, 0.29) is 12.5 Å². The number of imidazole rings is 1. The van der Waals surface area contributed by atoms with Crippen LogP contribution < -0.4 is 5.32 Å². The third-order valence-corrected chi connectivity index (χ3v) is 5.06. The highest BCUT2D eigenvalue weighted by Gasteiger charge is 2.29. The van der Waals surface area contributed by atoms with Gasteiger partial charge in [0.1, 0.15) is 5.65 Å². The summed E-state index contributed by atoms with van der Waals surface area (Å²) in [6, 6.07) is 15.0. The lowest BCUT2D eigenvalue weighted by Crippen LogP contribution is -2.12. The van der Waals surface area contributed by atoms with Crippen LogP contribution in [0.2, 0.25) is 0 Å². The predicted octanol–water partition coefficient (Wildman–Crippen LogP) is 5.07. The fourth-order valence-electron chi connectivity index (χ4n) is 3.30. The van der Waals surface area contributed by atoms with Gasteiger partial charge in [-0.05, 0) is 54.4 Å². The fourth-order valence-corrected chi connectivity index (χ4v) is 3.30. The average Bonchev–Trinajstić information content (AvgIpc) is 3.08. The molecule has 2 aromatic heterocycles. The van der Waals surface area contributed by atoms with Crippen molar-refractivity contribution < 1.29 is 23.1 Å². The van der Waals surface area contributed by atoms with Crippen LogP contribution in [0.15, 0.2) is 66.9 Å². The quantitative estimate of drug-likeness (QED) is 0.480. The lowest BCUT2D eigenvalue weighted by molar-refractivity contribution is -0.137. The van der Waals surface area contributed by atoms with Crippen molar-refractivity contribution in [3.05, 3.63) is 89.4 Å². The number of nitrogens with zero attached hydrogens (tertiary/aromatic N) is 2. The number of aliphatic hydroxyl groups excluding tert-OH is 1. The predicted molar refractivity (Wildman–Crippen MR) is 111 cm³/mol. The van der Waals surface area contributed by atoms with Gasteiger partial charge in [-0.1, -0.05) is 24.3 Å². The smallest absolute Gasteiger partial charge is 0.390 e. The summed E-state index contributed by atoms with van der Waals surface area (Å²) in [5.74, 6) is -0.321. The molecule has 4 rings (SSSR count). The second kappa shape index (κ2) is 7.88. The van der Waals surface area contributed by atoms with Crippen molar-refractivity contribution in [2.24, 2.45) is 0 Å². The SMILES string of the molecule is Cc1c(CO)nc2ccc(NC(=O)c3ccc(-c4ccc(C(F)(F)F)cc4)cc3)cn12. The van der Waals surface area contributed by atoms with Crippen LogP contribution >= 0.6 is 0 Å². The van der Waals surface area contributed by atoms with Crippen LogP contribution in [-0.2, 0) is 12.8 Å². The van der Waals surface area contributed by atoms with Gasteiger partial charge in [-0.2, -0.15) is 13.2 Å². The molecule has 0 aliphatic heterocycles. The first-order valence-corrected chi connectivity index (χ1v) is 9.44. The number of pyridine rings is 1. The van der Waals surface area contributed by atoms with E-state index in [1.165, 1.54) is 12.1 Å². The van der Waals surface area contributed by atoms with Crippen LogP contribution in [0.4, 0.5) is 18.9 Å². The van der Waals surface area contributed by atoms with Crippen LogP contribution in [0.3, 0.4) is 0 Å². The minimum Gasteiger partial charge on any atom is -0.390 e. The number of carbonyl (C=O) groups is 1. The second-order valence-corrected chi connectivity index (χ2v) is 7.05. The Hall–Kier alpha value is -3.65. The molecule has 5 nitrogen and oxygen atoms in total. The molecule has 4 aromatic rings. The highest BCUT2D eigenvalue weighted by molar-refractivity contribution is 6.04. The van der Waals surface area contributed by atoms with Gasteiger partial charge in [0.2, 0.25) is 0 Å². The number of anilines is 1. The van der Waals surface area contributed by atoms with E-state index >= 15 is 0 Å². The number of benzene rings is 2. The van der Waals surface area contributed by atoms with Crippen LogP contribution in [-0.4, -0.2) is 20.4 Å². The zero-order valence-electron chi connectivity index (χ0n) is 16.4. The molecule has 0 spiro atoms. The molecule has 0 aliphatic rings. The summed E-state index contributed by atoms with van der Waals surface area (Å²) >= 11 is 0. The van der Waals surface area contributed by atoms with Gasteiger partial charge in [-0.3, -0.25) is 4.79 Å². The average molecular weight is 425 g/mol. The molecule has 31 heavy (non-hydrogen) atoms. The van der Waals surface area contributed by atoms with Crippen molar-refractivity contribution in [1.29, 1.82) is 0 Å². The molecule has 0 fully saturated rings. The van der Waals surface area contributed by atoms with Crippen LogP contribution in [0.25, 0.3) is 16.8 Å². The molecule has 8 heteroatoms. The number of halogens is 3. The summed E-state index contributed by atoms with van der Waals surface area (Å²) < 4.78 is 39.9. The van der Waals surface area contributed by atoms with Crippen LogP contribution in [0.5, 0.6) is 0 Å². The van der Waals surface area contributed by atoms with E-state index in [0.29, 0.717) is 33.7 Å². The Kier molecular flexibility index (Phi) is 5.24. The Balaban J connectivity index is 1.51. The Morgan fingerprint density at radius 1 is 1.00 bits per heavy atom. The van der Waals surface area contributed by atoms with Gasteiger partial charge in [0.25, 0.3) is 5.91 Å². The van der Waals surface area contributed by atoms with E-state index < -0.39 is 11.7 Å².